The number of halogens is 1. The van der Waals surface area contributed by atoms with Crippen LogP contribution in [0.25, 0.3) is 0 Å². The van der Waals surface area contributed by atoms with Crippen LogP contribution in [-0.4, -0.2) is 63.2 Å². The van der Waals surface area contributed by atoms with Crippen LogP contribution in [0.15, 0.2) is 24.3 Å². The van der Waals surface area contributed by atoms with Gasteiger partial charge in [0.2, 0.25) is 11.8 Å². The number of nitrogens with one attached hydrogen (secondary N) is 2. The van der Waals surface area contributed by atoms with Gasteiger partial charge in [0.05, 0.1) is 6.10 Å². The number of benzene rings is 1. The Morgan fingerprint density at radius 3 is 2.48 bits per heavy atom. The van der Waals surface area contributed by atoms with Crippen LogP contribution in [0.2, 0.25) is 0 Å². The van der Waals surface area contributed by atoms with Crippen molar-refractivity contribution in [2.24, 2.45) is 5.41 Å². The zero-order valence-electron chi connectivity index (χ0n) is 18.0. The number of hydrogen-bond donors (Lipinski definition) is 4. The Bertz CT molecular complexity index is 865. The van der Waals surface area contributed by atoms with Gasteiger partial charge in [-0.15, -0.1) is 0 Å². The predicted octanol–water partition coefficient (Wildman–Crippen LogP) is 1.00. The molecule has 0 bridgehead atoms. The second kappa shape index (κ2) is 8.45. The summed E-state index contributed by atoms with van der Waals surface area (Å²) in [5, 5.41) is 25.2. The molecule has 3 atom stereocenters. The molecular weight excluding hydrogens is 405 g/mol. The minimum Gasteiger partial charge on any atom is -0.508 e. The summed E-state index contributed by atoms with van der Waals surface area (Å²) in [5.41, 5.74) is -2.14. The van der Waals surface area contributed by atoms with Crippen LogP contribution in [0.3, 0.4) is 0 Å². The second-order valence-electron chi connectivity index (χ2n) is 9.48. The van der Waals surface area contributed by atoms with Crippen LogP contribution >= 0.6 is 0 Å². The van der Waals surface area contributed by atoms with E-state index in [-0.39, 0.29) is 38.1 Å². The van der Waals surface area contributed by atoms with Crippen molar-refractivity contribution in [3.05, 3.63) is 29.8 Å². The normalized spacial score (nSPS) is 23.2. The number of aliphatic hydroxyl groups is 1. The molecule has 1 aliphatic carbocycles. The summed E-state index contributed by atoms with van der Waals surface area (Å²) in [6, 6.07) is 4.58. The molecule has 0 radical (unpaired) electrons. The van der Waals surface area contributed by atoms with Crippen LogP contribution in [0.5, 0.6) is 5.75 Å². The summed E-state index contributed by atoms with van der Waals surface area (Å²) in [6.45, 7) is 5.23. The molecule has 0 spiro atoms. The van der Waals surface area contributed by atoms with E-state index in [1.807, 2.05) is 0 Å². The van der Waals surface area contributed by atoms with Gasteiger partial charge < -0.3 is 25.7 Å². The molecule has 1 saturated carbocycles. The van der Waals surface area contributed by atoms with Crippen LogP contribution < -0.4 is 10.6 Å². The molecule has 170 valence electrons. The molecular formula is C22H30FN3O5. The van der Waals surface area contributed by atoms with Crippen molar-refractivity contribution in [2.45, 2.75) is 70.4 Å². The van der Waals surface area contributed by atoms with Crippen molar-refractivity contribution in [1.82, 2.24) is 15.5 Å². The number of phenolic OH excluding ortho intramolecular Hbond substituents is 1. The Hall–Kier alpha value is -2.68. The molecule has 8 nitrogen and oxygen atoms in total. The number of alkyl halides is 1. The average molecular weight is 435 g/mol. The first-order valence-electron chi connectivity index (χ1n) is 10.5. The maximum Gasteiger partial charge on any atom is 0.258 e. The highest BCUT2D eigenvalue weighted by atomic mass is 19.1. The number of aromatic hydroxyl groups is 1. The highest BCUT2D eigenvalue weighted by Crippen LogP contribution is 2.40. The number of aliphatic hydroxyl groups excluding tert-OH is 1. The zero-order chi connectivity index (χ0) is 23.0. The minimum absolute atomic E-state index is 0.0397. The summed E-state index contributed by atoms with van der Waals surface area (Å²) in [5.74, 6) is -1.79. The predicted molar refractivity (Wildman–Crippen MR) is 111 cm³/mol. The highest BCUT2D eigenvalue weighted by molar-refractivity contribution is 5.95. The number of carbonyl (C=O) groups is 3. The van der Waals surface area contributed by atoms with E-state index in [9.17, 15) is 29.0 Å². The van der Waals surface area contributed by atoms with E-state index in [4.69, 9.17) is 0 Å². The van der Waals surface area contributed by atoms with E-state index < -0.39 is 47.0 Å². The van der Waals surface area contributed by atoms with Crippen molar-refractivity contribution in [1.29, 1.82) is 0 Å². The number of para-hydroxylation sites is 1. The van der Waals surface area contributed by atoms with Crippen LogP contribution in [-0.2, 0) is 20.9 Å². The lowest BCUT2D eigenvalue weighted by molar-refractivity contribution is -0.145. The average Bonchev–Trinajstić information content (AvgIpc) is 3.32. The van der Waals surface area contributed by atoms with Gasteiger partial charge in [-0.25, -0.2) is 4.39 Å². The summed E-state index contributed by atoms with van der Waals surface area (Å²) >= 11 is 0. The second-order valence-corrected chi connectivity index (χ2v) is 9.48. The van der Waals surface area contributed by atoms with Gasteiger partial charge in [0.15, 0.2) is 5.67 Å². The molecule has 0 aromatic heterocycles. The van der Waals surface area contributed by atoms with Crippen LogP contribution in [0.4, 0.5) is 4.39 Å². The molecule has 1 aliphatic heterocycles. The molecule has 31 heavy (non-hydrogen) atoms. The summed E-state index contributed by atoms with van der Waals surface area (Å²) in [6.07, 6.45) is -0.582. The van der Waals surface area contributed by atoms with Gasteiger partial charge in [0, 0.05) is 25.1 Å². The molecule has 1 heterocycles. The molecule has 4 N–H and O–H groups in total. The molecule has 2 aliphatic rings. The molecule has 1 saturated heterocycles. The molecule has 0 unspecified atom stereocenters. The fourth-order valence-electron chi connectivity index (χ4n) is 3.68. The lowest BCUT2D eigenvalue weighted by atomic mass is 9.85. The third-order valence-electron chi connectivity index (χ3n) is 5.79. The largest absolute Gasteiger partial charge is 0.508 e. The lowest BCUT2D eigenvalue weighted by Gasteiger charge is -2.35. The van der Waals surface area contributed by atoms with E-state index in [0.717, 1.165) is 0 Å². The molecule has 2 fully saturated rings. The first-order chi connectivity index (χ1) is 14.4. The maximum absolute atomic E-state index is 14.2. The van der Waals surface area contributed by atoms with Crippen molar-refractivity contribution in [3.8, 4) is 5.75 Å². The van der Waals surface area contributed by atoms with Gasteiger partial charge in [-0.2, -0.15) is 0 Å². The number of amides is 3. The van der Waals surface area contributed by atoms with Gasteiger partial charge in [-0.1, -0.05) is 39.0 Å². The first-order valence-corrected chi connectivity index (χ1v) is 10.5. The van der Waals surface area contributed by atoms with Gasteiger partial charge in [0.25, 0.3) is 5.91 Å². The Labute approximate surface area is 180 Å². The highest BCUT2D eigenvalue weighted by Gasteiger charge is 2.53. The number of nitrogens with zero attached hydrogens (tertiary/aromatic N) is 1. The van der Waals surface area contributed by atoms with E-state index in [1.54, 1.807) is 39.0 Å². The summed E-state index contributed by atoms with van der Waals surface area (Å²) in [7, 11) is 0. The first kappa shape index (κ1) is 23.0. The fraction of sp³-hybridized carbons (Fsp3) is 0.591. The maximum atomic E-state index is 14.2. The minimum atomic E-state index is -1.93. The molecule has 3 amide bonds. The SMILES string of the molecule is CC(C)(C)[C@H](NC(=O)C1(F)CC1)C(=O)N1C[C@H](O)C[C@H]1C(=O)NCc1ccccc1O. The van der Waals surface area contributed by atoms with Gasteiger partial charge in [-0.05, 0) is 24.3 Å². The fourth-order valence-corrected chi connectivity index (χ4v) is 3.68. The van der Waals surface area contributed by atoms with E-state index in [0.29, 0.717) is 5.56 Å². The number of likely N-dealkylation sites (tertiary alicyclic amines) is 1. The Morgan fingerprint density at radius 2 is 1.90 bits per heavy atom. The monoisotopic (exact) mass is 435 g/mol. The third-order valence-corrected chi connectivity index (χ3v) is 5.79. The lowest BCUT2D eigenvalue weighted by Crippen LogP contribution is -2.59. The zero-order valence-corrected chi connectivity index (χ0v) is 18.0. The van der Waals surface area contributed by atoms with Crippen LogP contribution in [0, 0.1) is 5.41 Å². The number of phenols is 1. The molecule has 1 aromatic rings. The number of rotatable bonds is 6. The molecule has 9 heteroatoms. The van der Waals surface area contributed by atoms with Crippen molar-refractivity contribution in [3.63, 3.8) is 0 Å². The van der Waals surface area contributed by atoms with Gasteiger partial charge in [-0.3, -0.25) is 14.4 Å². The van der Waals surface area contributed by atoms with E-state index in [1.165, 1.54) is 11.0 Å². The molecule has 3 rings (SSSR count). The van der Waals surface area contributed by atoms with E-state index >= 15 is 0 Å². The third kappa shape index (κ3) is 5.15. The Morgan fingerprint density at radius 1 is 1.26 bits per heavy atom. The summed E-state index contributed by atoms with van der Waals surface area (Å²) < 4.78 is 14.2. The van der Waals surface area contributed by atoms with Gasteiger partial charge >= 0.3 is 0 Å². The smallest absolute Gasteiger partial charge is 0.258 e. The Balaban J connectivity index is 1.73. The van der Waals surface area contributed by atoms with Gasteiger partial charge in [0.1, 0.15) is 17.8 Å². The standard InChI is InChI=1S/C22H30FN3O5/c1-21(2,3)17(25-20(31)22(23)8-9-22)19(30)26-12-14(27)10-15(26)18(29)24-11-13-6-4-5-7-16(13)28/h4-7,14-15,17,27-28H,8-12H2,1-3H3,(H,24,29)(H,25,31)/t14-,15+,17-/m1/s1. The van der Waals surface area contributed by atoms with E-state index in [2.05, 4.69) is 10.6 Å². The topological polar surface area (TPSA) is 119 Å². The van der Waals surface area contributed by atoms with Crippen molar-refractivity contribution >= 4 is 17.7 Å². The summed E-state index contributed by atoms with van der Waals surface area (Å²) in [4.78, 5) is 39.6. The van der Waals surface area contributed by atoms with Crippen LogP contribution in [0.1, 0.15) is 45.6 Å². The quantitative estimate of drug-likeness (QED) is 0.532. The Kier molecular flexibility index (Phi) is 6.27. The number of carbonyl (C=O) groups excluding carboxylic acids is 3. The van der Waals surface area contributed by atoms with Crippen molar-refractivity contribution in [2.75, 3.05) is 6.54 Å². The number of hydrogen-bond acceptors (Lipinski definition) is 5. The molecule has 1 aromatic carbocycles. The number of β-amino-alcohol motifs (C(OH)–C–C–N with tert-alkyl or cyclic N) is 1. The van der Waals surface area contributed by atoms with Crippen molar-refractivity contribution < 1.29 is 29.0 Å².